The molecule has 0 aliphatic heterocycles. The van der Waals surface area contributed by atoms with E-state index in [1.54, 1.807) is 30.3 Å². The Morgan fingerprint density at radius 2 is 2.14 bits per heavy atom. The molecular formula is C15H10ClNO4. The van der Waals surface area contributed by atoms with Gasteiger partial charge >= 0.3 is 5.97 Å². The van der Waals surface area contributed by atoms with Gasteiger partial charge in [-0.1, -0.05) is 17.7 Å². The molecule has 0 amide bonds. The molecule has 0 radical (unpaired) electrons. The number of aromatic carboxylic acids is 1. The Bertz CT molecular complexity index is 841. The van der Waals surface area contributed by atoms with Crippen LogP contribution in [0.25, 0.3) is 22.6 Å². The molecule has 1 aromatic heterocycles. The lowest BCUT2D eigenvalue weighted by molar-refractivity contribution is 0.0699. The van der Waals surface area contributed by atoms with Crippen LogP contribution in [0, 0.1) is 0 Å². The van der Waals surface area contributed by atoms with Crippen LogP contribution in [-0.4, -0.2) is 23.2 Å². The van der Waals surface area contributed by atoms with Crippen molar-refractivity contribution in [2.75, 3.05) is 7.11 Å². The molecule has 5 nitrogen and oxygen atoms in total. The predicted octanol–water partition coefficient (Wildman–Crippen LogP) is 3.86. The Kier molecular flexibility index (Phi) is 3.27. The van der Waals surface area contributed by atoms with Gasteiger partial charge in [0.15, 0.2) is 5.58 Å². The molecule has 0 bridgehead atoms. The molecule has 2 aromatic carbocycles. The summed E-state index contributed by atoms with van der Waals surface area (Å²) in [6, 6.07) is 9.79. The number of aromatic nitrogens is 1. The number of rotatable bonds is 3. The average molecular weight is 304 g/mol. The molecule has 6 heteroatoms. The number of carboxylic acids is 1. The quantitative estimate of drug-likeness (QED) is 0.795. The summed E-state index contributed by atoms with van der Waals surface area (Å²) >= 11 is 5.99. The maximum absolute atomic E-state index is 11.2. The minimum atomic E-state index is -1.06. The number of benzene rings is 2. The van der Waals surface area contributed by atoms with E-state index in [2.05, 4.69) is 4.98 Å². The highest BCUT2D eigenvalue weighted by atomic mass is 35.5. The van der Waals surface area contributed by atoms with Crippen LogP contribution in [0.3, 0.4) is 0 Å². The van der Waals surface area contributed by atoms with E-state index in [9.17, 15) is 9.90 Å². The number of carboxylic acid groups (broad SMARTS) is 1. The number of carbonyl (C=O) groups is 1. The minimum Gasteiger partial charge on any atom is -0.496 e. The largest absolute Gasteiger partial charge is 0.496 e. The van der Waals surface area contributed by atoms with Crippen molar-refractivity contribution >= 4 is 28.7 Å². The maximum atomic E-state index is 11.2. The number of oxazole rings is 1. The van der Waals surface area contributed by atoms with E-state index in [1.165, 1.54) is 13.2 Å². The minimum absolute atomic E-state index is 0.0866. The second kappa shape index (κ2) is 5.10. The van der Waals surface area contributed by atoms with Crippen molar-refractivity contribution in [1.29, 1.82) is 0 Å². The van der Waals surface area contributed by atoms with Crippen molar-refractivity contribution in [3.63, 3.8) is 0 Å². The van der Waals surface area contributed by atoms with Crippen molar-refractivity contribution in [3.8, 4) is 17.2 Å². The highest BCUT2D eigenvalue weighted by Crippen LogP contribution is 2.34. The monoisotopic (exact) mass is 303 g/mol. The van der Waals surface area contributed by atoms with Crippen molar-refractivity contribution in [3.05, 3.63) is 47.0 Å². The van der Waals surface area contributed by atoms with Crippen molar-refractivity contribution < 1.29 is 19.1 Å². The normalized spacial score (nSPS) is 10.8. The fraction of sp³-hybridized carbons (Fsp3) is 0.0667. The fourth-order valence-corrected chi connectivity index (χ4v) is 2.26. The van der Waals surface area contributed by atoms with Crippen LogP contribution in [-0.2, 0) is 0 Å². The Labute approximate surface area is 124 Å². The number of methoxy groups -OCH3 is 1. The highest BCUT2D eigenvalue weighted by Gasteiger charge is 2.17. The van der Waals surface area contributed by atoms with E-state index in [0.717, 1.165) is 0 Å². The molecule has 0 saturated carbocycles. The number of fused-ring (bicyclic) bond motifs is 1. The first-order valence-electron chi connectivity index (χ1n) is 6.07. The molecular weight excluding hydrogens is 294 g/mol. The van der Waals surface area contributed by atoms with E-state index >= 15 is 0 Å². The van der Waals surface area contributed by atoms with Crippen molar-refractivity contribution in [1.82, 2.24) is 4.98 Å². The molecule has 1 N–H and O–H groups in total. The summed E-state index contributed by atoms with van der Waals surface area (Å²) in [5.41, 5.74) is 1.34. The van der Waals surface area contributed by atoms with Gasteiger partial charge in [-0.3, -0.25) is 0 Å². The molecule has 0 aliphatic rings. The third-order valence-electron chi connectivity index (χ3n) is 3.04. The maximum Gasteiger partial charge on any atom is 0.338 e. The number of para-hydroxylation sites is 1. The van der Waals surface area contributed by atoms with E-state index in [4.69, 9.17) is 20.8 Å². The third-order valence-corrected chi connectivity index (χ3v) is 3.28. The number of hydrogen-bond acceptors (Lipinski definition) is 4. The Morgan fingerprint density at radius 1 is 1.33 bits per heavy atom. The number of halogens is 1. The molecule has 0 aliphatic carbocycles. The fourth-order valence-electron chi connectivity index (χ4n) is 2.08. The zero-order chi connectivity index (χ0) is 15.0. The molecule has 3 rings (SSSR count). The van der Waals surface area contributed by atoms with Gasteiger partial charge in [0.1, 0.15) is 11.3 Å². The topological polar surface area (TPSA) is 72.6 Å². The van der Waals surface area contributed by atoms with Crippen LogP contribution in [0.2, 0.25) is 5.02 Å². The summed E-state index contributed by atoms with van der Waals surface area (Å²) in [6.45, 7) is 0. The lowest BCUT2D eigenvalue weighted by Crippen LogP contribution is -1.96. The zero-order valence-electron chi connectivity index (χ0n) is 11.0. The number of ether oxygens (including phenoxy) is 1. The molecule has 21 heavy (non-hydrogen) atoms. The zero-order valence-corrected chi connectivity index (χ0v) is 11.7. The van der Waals surface area contributed by atoms with Crippen molar-refractivity contribution in [2.24, 2.45) is 0 Å². The lowest BCUT2D eigenvalue weighted by Gasteiger charge is -2.04. The Balaban J connectivity index is 2.25. The summed E-state index contributed by atoms with van der Waals surface area (Å²) in [5, 5.41) is 9.69. The van der Waals surface area contributed by atoms with E-state index in [0.29, 0.717) is 27.4 Å². The standard InChI is InChI=1S/C15H10ClNO4/c1-20-11-6-5-8(16)7-10(11)14-17-13-9(15(18)19)3-2-4-12(13)21-14/h2-7H,1H3,(H,18,19). The molecule has 0 fully saturated rings. The molecule has 0 atom stereocenters. The van der Waals surface area contributed by atoms with Gasteiger partial charge in [-0.05, 0) is 30.3 Å². The second-order valence-corrected chi connectivity index (χ2v) is 4.76. The lowest BCUT2D eigenvalue weighted by atomic mass is 10.2. The summed E-state index contributed by atoms with van der Waals surface area (Å²) < 4.78 is 10.9. The van der Waals surface area contributed by atoms with Gasteiger partial charge < -0.3 is 14.3 Å². The first-order valence-corrected chi connectivity index (χ1v) is 6.44. The van der Waals surface area contributed by atoms with Gasteiger partial charge in [-0.25, -0.2) is 9.78 Å². The molecule has 0 saturated heterocycles. The number of nitrogens with zero attached hydrogens (tertiary/aromatic N) is 1. The Hall–Kier alpha value is -2.53. The summed E-state index contributed by atoms with van der Waals surface area (Å²) in [7, 11) is 1.53. The smallest absolute Gasteiger partial charge is 0.338 e. The van der Waals surface area contributed by atoms with Crippen LogP contribution < -0.4 is 4.74 Å². The van der Waals surface area contributed by atoms with Gasteiger partial charge in [0.05, 0.1) is 18.2 Å². The van der Waals surface area contributed by atoms with Crippen LogP contribution in [0.4, 0.5) is 0 Å². The van der Waals surface area contributed by atoms with Gasteiger partial charge in [0, 0.05) is 5.02 Å². The first-order chi connectivity index (χ1) is 10.1. The van der Waals surface area contributed by atoms with Crippen LogP contribution >= 0.6 is 11.6 Å². The molecule has 0 spiro atoms. The summed E-state index contributed by atoms with van der Waals surface area (Å²) in [5.74, 6) is -0.251. The van der Waals surface area contributed by atoms with E-state index in [-0.39, 0.29) is 11.5 Å². The van der Waals surface area contributed by atoms with E-state index < -0.39 is 5.97 Å². The highest BCUT2D eigenvalue weighted by molar-refractivity contribution is 6.30. The van der Waals surface area contributed by atoms with Gasteiger partial charge in [0.2, 0.25) is 5.89 Å². The Morgan fingerprint density at radius 3 is 2.86 bits per heavy atom. The van der Waals surface area contributed by atoms with Crippen LogP contribution in [0.1, 0.15) is 10.4 Å². The predicted molar refractivity (Wildman–Crippen MR) is 78.0 cm³/mol. The van der Waals surface area contributed by atoms with Gasteiger partial charge in [0.25, 0.3) is 0 Å². The first kappa shape index (κ1) is 13.5. The van der Waals surface area contributed by atoms with Crippen LogP contribution in [0.15, 0.2) is 40.8 Å². The molecule has 3 aromatic rings. The molecule has 1 heterocycles. The van der Waals surface area contributed by atoms with E-state index in [1.807, 2.05) is 0 Å². The molecule has 106 valence electrons. The molecule has 0 unspecified atom stereocenters. The van der Waals surface area contributed by atoms with Crippen molar-refractivity contribution in [2.45, 2.75) is 0 Å². The van der Waals surface area contributed by atoms with Gasteiger partial charge in [-0.2, -0.15) is 0 Å². The second-order valence-electron chi connectivity index (χ2n) is 4.32. The number of hydrogen-bond donors (Lipinski definition) is 1. The third kappa shape index (κ3) is 2.32. The average Bonchev–Trinajstić information content (AvgIpc) is 2.90. The van der Waals surface area contributed by atoms with Gasteiger partial charge in [-0.15, -0.1) is 0 Å². The summed E-state index contributed by atoms with van der Waals surface area (Å²) in [6.07, 6.45) is 0. The van der Waals surface area contributed by atoms with Crippen LogP contribution in [0.5, 0.6) is 5.75 Å². The SMILES string of the molecule is COc1ccc(Cl)cc1-c1nc2c(C(=O)O)cccc2o1. The summed E-state index contributed by atoms with van der Waals surface area (Å²) in [4.78, 5) is 15.5.